The highest BCUT2D eigenvalue weighted by molar-refractivity contribution is 5.87. The minimum absolute atomic E-state index is 0.0841. The van der Waals surface area contributed by atoms with Gasteiger partial charge >= 0.3 is 5.97 Å². The number of nitrogens with one attached hydrogen (secondary N) is 1. The molecular weight excluding hydrogens is 256 g/mol. The SMILES string of the molecule is COC(C)(C)Cc1ccccc1-c1cc(C(=O)O)[nH]n1. The molecule has 1 aromatic carbocycles. The molecule has 0 atom stereocenters. The number of methoxy groups -OCH3 is 1. The lowest BCUT2D eigenvalue weighted by atomic mass is 9.93. The van der Waals surface area contributed by atoms with E-state index in [-0.39, 0.29) is 11.3 Å². The molecule has 5 nitrogen and oxygen atoms in total. The van der Waals surface area contributed by atoms with Crippen LogP contribution in [0.3, 0.4) is 0 Å². The largest absolute Gasteiger partial charge is 0.477 e. The highest BCUT2D eigenvalue weighted by Crippen LogP contribution is 2.26. The average Bonchev–Trinajstić information content (AvgIpc) is 2.88. The van der Waals surface area contributed by atoms with E-state index in [1.54, 1.807) is 13.2 Å². The maximum atomic E-state index is 10.9. The lowest BCUT2D eigenvalue weighted by molar-refractivity contribution is 0.0233. The molecule has 0 unspecified atom stereocenters. The molecule has 0 aliphatic carbocycles. The van der Waals surface area contributed by atoms with Crippen LogP contribution in [0.5, 0.6) is 0 Å². The van der Waals surface area contributed by atoms with Crippen molar-refractivity contribution in [3.8, 4) is 11.3 Å². The summed E-state index contributed by atoms with van der Waals surface area (Å²) in [4.78, 5) is 10.9. The molecule has 5 heteroatoms. The first kappa shape index (κ1) is 14.3. The fourth-order valence-electron chi connectivity index (χ4n) is 2.02. The minimum Gasteiger partial charge on any atom is -0.477 e. The highest BCUT2D eigenvalue weighted by atomic mass is 16.5. The number of hydrogen-bond acceptors (Lipinski definition) is 3. The number of aromatic carboxylic acids is 1. The Bertz CT molecular complexity index is 617. The number of rotatable bonds is 5. The highest BCUT2D eigenvalue weighted by Gasteiger charge is 2.20. The maximum Gasteiger partial charge on any atom is 0.353 e. The van der Waals surface area contributed by atoms with E-state index in [4.69, 9.17) is 9.84 Å². The lowest BCUT2D eigenvalue weighted by Crippen LogP contribution is -2.25. The number of carboxylic acids is 1. The summed E-state index contributed by atoms with van der Waals surface area (Å²) in [7, 11) is 1.68. The smallest absolute Gasteiger partial charge is 0.353 e. The molecule has 2 aromatic rings. The number of hydrogen-bond donors (Lipinski definition) is 2. The maximum absolute atomic E-state index is 10.9. The van der Waals surface area contributed by atoms with Gasteiger partial charge in [-0.05, 0) is 25.5 Å². The zero-order chi connectivity index (χ0) is 14.8. The van der Waals surface area contributed by atoms with Crippen molar-refractivity contribution in [3.63, 3.8) is 0 Å². The molecule has 2 N–H and O–H groups in total. The Hall–Kier alpha value is -2.14. The molecule has 1 aromatic heterocycles. The second-order valence-electron chi connectivity index (χ2n) is 5.27. The first-order valence-electron chi connectivity index (χ1n) is 6.35. The Labute approximate surface area is 117 Å². The molecule has 0 bridgehead atoms. The monoisotopic (exact) mass is 274 g/mol. The first-order valence-corrected chi connectivity index (χ1v) is 6.35. The van der Waals surface area contributed by atoms with Crippen molar-refractivity contribution < 1.29 is 14.6 Å². The zero-order valence-electron chi connectivity index (χ0n) is 11.8. The predicted octanol–water partition coefficient (Wildman–Crippen LogP) is 2.74. The van der Waals surface area contributed by atoms with Crippen molar-refractivity contribution in [2.45, 2.75) is 25.9 Å². The van der Waals surface area contributed by atoms with Gasteiger partial charge in [0.1, 0.15) is 5.69 Å². The van der Waals surface area contributed by atoms with Crippen molar-refractivity contribution in [2.75, 3.05) is 7.11 Å². The standard InChI is InChI=1S/C15H18N2O3/c1-15(2,20-3)9-10-6-4-5-7-11(10)12-8-13(14(18)19)17-16-12/h4-8H,9H2,1-3H3,(H,16,17)(H,18,19). The first-order chi connectivity index (χ1) is 9.43. The summed E-state index contributed by atoms with van der Waals surface area (Å²) in [5, 5.41) is 15.6. The summed E-state index contributed by atoms with van der Waals surface area (Å²) < 4.78 is 5.45. The van der Waals surface area contributed by atoms with Crippen LogP contribution in [0.25, 0.3) is 11.3 Å². The van der Waals surface area contributed by atoms with E-state index in [0.29, 0.717) is 5.69 Å². The van der Waals surface area contributed by atoms with Crippen molar-refractivity contribution in [1.82, 2.24) is 10.2 Å². The number of aromatic nitrogens is 2. The molecule has 0 saturated carbocycles. The number of ether oxygens (including phenoxy) is 1. The van der Waals surface area contributed by atoms with Crippen LogP contribution < -0.4 is 0 Å². The number of nitrogens with zero attached hydrogens (tertiary/aromatic N) is 1. The average molecular weight is 274 g/mol. The Morgan fingerprint density at radius 3 is 2.70 bits per heavy atom. The Kier molecular flexibility index (Phi) is 3.90. The minimum atomic E-state index is -1.02. The molecule has 2 rings (SSSR count). The van der Waals surface area contributed by atoms with E-state index in [9.17, 15) is 4.79 Å². The van der Waals surface area contributed by atoms with Gasteiger partial charge in [0.05, 0.1) is 11.3 Å². The van der Waals surface area contributed by atoms with Gasteiger partial charge in [-0.2, -0.15) is 5.10 Å². The third kappa shape index (κ3) is 3.05. The van der Waals surface area contributed by atoms with Crippen LogP contribution in [0.1, 0.15) is 29.9 Å². The van der Waals surface area contributed by atoms with E-state index in [1.807, 2.05) is 38.1 Å². The molecule has 0 aliphatic heterocycles. The van der Waals surface area contributed by atoms with E-state index in [2.05, 4.69) is 10.2 Å². The molecule has 0 fully saturated rings. The van der Waals surface area contributed by atoms with Gasteiger partial charge in [0.15, 0.2) is 0 Å². The summed E-state index contributed by atoms with van der Waals surface area (Å²) >= 11 is 0. The van der Waals surface area contributed by atoms with Gasteiger partial charge in [-0.1, -0.05) is 24.3 Å². The summed E-state index contributed by atoms with van der Waals surface area (Å²) in [5.41, 5.74) is 2.41. The van der Waals surface area contributed by atoms with Gasteiger partial charge in [-0.25, -0.2) is 4.79 Å². The molecule has 0 radical (unpaired) electrons. The van der Waals surface area contributed by atoms with Gasteiger partial charge in [-0.3, -0.25) is 5.10 Å². The van der Waals surface area contributed by atoms with Gasteiger partial charge in [0.25, 0.3) is 0 Å². The van der Waals surface area contributed by atoms with E-state index in [0.717, 1.165) is 17.5 Å². The molecule has 1 heterocycles. The third-order valence-corrected chi connectivity index (χ3v) is 3.27. The number of H-pyrrole nitrogens is 1. The molecule has 0 amide bonds. The summed E-state index contributed by atoms with van der Waals surface area (Å²) in [6, 6.07) is 9.35. The van der Waals surface area contributed by atoms with Gasteiger partial charge in [0.2, 0.25) is 0 Å². The second-order valence-corrected chi connectivity index (χ2v) is 5.27. The van der Waals surface area contributed by atoms with E-state index in [1.165, 1.54) is 0 Å². The number of carbonyl (C=O) groups is 1. The molecule has 0 spiro atoms. The van der Waals surface area contributed by atoms with Crippen LogP contribution in [0.15, 0.2) is 30.3 Å². The van der Waals surface area contributed by atoms with Crippen LogP contribution in [-0.4, -0.2) is 34.0 Å². The number of aromatic amines is 1. The fourth-order valence-corrected chi connectivity index (χ4v) is 2.02. The summed E-state index contributed by atoms with van der Waals surface area (Å²) in [6.45, 7) is 4.02. The second kappa shape index (κ2) is 5.46. The number of carboxylic acid groups (broad SMARTS) is 1. The van der Waals surface area contributed by atoms with E-state index < -0.39 is 5.97 Å². The predicted molar refractivity (Wildman–Crippen MR) is 75.8 cm³/mol. The molecule has 106 valence electrons. The summed E-state index contributed by atoms with van der Waals surface area (Å²) in [5.74, 6) is -1.02. The topological polar surface area (TPSA) is 75.2 Å². The molecule has 0 aliphatic rings. The number of benzene rings is 1. The fraction of sp³-hybridized carbons (Fsp3) is 0.333. The van der Waals surface area contributed by atoms with Crippen molar-refractivity contribution in [3.05, 3.63) is 41.6 Å². The van der Waals surface area contributed by atoms with Gasteiger partial charge in [0, 0.05) is 19.1 Å². The molecule has 20 heavy (non-hydrogen) atoms. The van der Waals surface area contributed by atoms with Crippen LogP contribution in [0, 0.1) is 0 Å². The van der Waals surface area contributed by atoms with Gasteiger partial charge in [-0.15, -0.1) is 0 Å². The summed E-state index contributed by atoms with van der Waals surface area (Å²) in [6.07, 6.45) is 0.717. The normalized spacial score (nSPS) is 11.6. The van der Waals surface area contributed by atoms with Crippen molar-refractivity contribution in [1.29, 1.82) is 0 Å². The van der Waals surface area contributed by atoms with Crippen LogP contribution in [-0.2, 0) is 11.2 Å². The van der Waals surface area contributed by atoms with Crippen LogP contribution in [0.4, 0.5) is 0 Å². The molecular formula is C15H18N2O3. The lowest BCUT2D eigenvalue weighted by Gasteiger charge is -2.24. The van der Waals surface area contributed by atoms with Gasteiger partial charge < -0.3 is 9.84 Å². The van der Waals surface area contributed by atoms with Crippen molar-refractivity contribution in [2.24, 2.45) is 0 Å². The quantitative estimate of drug-likeness (QED) is 0.879. The third-order valence-electron chi connectivity index (χ3n) is 3.27. The Morgan fingerprint density at radius 1 is 1.40 bits per heavy atom. The molecule has 0 saturated heterocycles. The Balaban J connectivity index is 2.38. The van der Waals surface area contributed by atoms with Crippen LogP contribution in [0.2, 0.25) is 0 Å². The zero-order valence-corrected chi connectivity index (χ0v) is 11.8. The van der Waals surface area contributed by atoms with Crippen LogP contribution >= 0.6 is 0 Å². The van der Waals surface area contributed by atoms with E-state index >= 15 is 0 Å². The Morgan fingerprint density at radius 2 is 2.10 bits per heavy atom. The van der Waals surface area contributed by atoms with Crippen molar-refractivity contribution >= 4 is 5.97 Å².